The van der Waals surface area contributed by atoms with Crippen LogP contribution in [0.1, 0.15) is 33.4 Å². The number of aryl methyl sites for hydroxylation is 1. The lowest BCUT2D eigenvalue weighted by molar-refractivity contribution is -0.135. The number of methoxy groups -OCH3 is 2. The van der Waals surface area contributed by atoms with Crippen molar-refractivity contribution in [1.29, 1.82) is 0 Å². The van der Waals surface area contributed by atoms with Crippen LogP contribution in [0.2, 0.25) is 0 Å². The highest BCUT2D eigenvalue weighted by molar-refractivity contribution is 7.07. The molecule has 27 heavy (non-hydrogen) atoms. The van der Waals surface area contributed by atoms with Crippen LogP contribution in [0.25, 0.3) is 0 Å². The van der Waals surface area contributed by atoms with Gasteiger partial charge in [0.2, 0.25) is 0 Å². The van der Waals surface area contributed by atoms with Gasteiger partial charge in [-0.25, -0.2) is 4.79 Å². The summed E-state index contributed by atoms with van der Waals surface area (Å²) in [7, 11) is 3.17. The summed E-state index contributed by atoms with van der Waals surface area (Å²) in [5.74, 6) is 0.509. The summed E-state index contributed by atoms with van der Waals surface area (Å²) in [6.45, 7) is 2.57. The molecule has 0 spiro atoms. The maximum absolute atomic E-state index is 12.5. The summed E-state index contributed by atoms with van der Waals surface area (Å²) in [5.41, 5.74) is 2.71. The minimum atomic E-state index is -0.556. The molecule has 0 saturated carbocycles. The van der Waals surface area contributed by atoms with Crippen LogP contribution in [0.5, 0.6) is 11.5 Å². The van der Waals surface area contributed by atoms with Gasteiger partial charge in [0.25, 0.3) is 5.91 Å². The van der Waals surface area contributed by atoms with Gasteiger partial charge in [-0.3, -0.25) is 4.79 Å². The molecular weight excluding hydrogens is 370 g/mol. The predicted molar refractivity (Wildman–Crippen MR) is 98.2 cm³/mol. The number of ether oxygens (including phenoxy) is 3. The summed E-state index contributed by atoms with van der Waals surface area (Å²) >= 11 is 0.981. The zero-order valence-electron chi connectivity index (χ0n) is 15.5. The first-order chi connectivity index (χ1) is 13.1. The molecule has 144 valence electrons. The smallest absolute Gasteiger partial charge is 0.352 e. The van der Waals surface area contributed by atoms with Crippen molar-refractivity contribution in [2.75, 3.05) is 27.4 Å². The topological polar surface area (TPSA) is 90.9 Å². The van der Waals surface area contributed by atoms with Crippen molar-refractivity contribution in [3.8, 4) is 11.5 Å². The molecule has 1 aromatic heterocycles. The summed E-state index contributed by atoms with van der Waals surface area (Å²) in [6.07, 6.45) is 1.29. The van der Waals surface area contributed by atoms with Gasteiger partial charge in [-0.05, 0) is 47.6 Å². The Balaban J connectivity index is 1.63. The van der Waals surface area contributed by atoms with Gasteiger partial charge < -0.3 is 19.1 Å². The van der Waals surface area contributed by atoms with Gasteiger partial charge in [0.15, 0.2) is 23.0 Å². The Kier molecular flexibility index (Phi) is 5.90. The van der Waals surface area contributed by atoms with Crippen LogP contribution in [-0.2, 0) is 28.9 Å². The molecule has 0 saturated heterocycles. The van der Waals surface area contributed by atoms with Crippen molar-refractivity contribution in [2.24, 2.45) is 0 Å². The first-order valence-corrected chi connectivity index (χ1v) is 9.34. The lowest BCUT2D eigenvalue weighted by Gasteiger charge is -2.29. The third kappa shape index (κ3) is 4.02. The van der Waals surface area contributed by atoms with Crippen LogP contribution in [0.15, 0.2) is 12.1 Å². The summed E-state index contributed by atoms with van der Waals surface area (Å²) < 4.78 is 19.6. The minimum Gasteiger partial charge on any atom is -0.493 e. The molecular formula is C18H21N3O5S. The van der Waals surface area contributed by atoms with Crippen molar-refractivity contribution in [3.05, 3.63) is 33.8 Å². The fourth-order valence-corrected chi connectivity index (χ4v) is 3.62. The number of carbonyl (C=O) groups excluding carboxylic acids is 2. The van der Waals surface area contributed by atoms with E-state index in [1.54, 1.807) is 19.1 Å². The first kappa shape index (κ1) is 19.1. The van der Waals surface area contributed by atoms with Gasteiger partial charge in [0.05, 0.1) is 19.9 Å². The quantitative estimate of drug-likeness (QED) is 0.694. The molecule has 0 unspecified atom stereocenters. The molecule has 0 aliphatic carbocycles. The van der Waals surface area contributed by atoms with Crippen LogP contribution in [0, 0.1) is 0 Å². The van der Waals surface area contributed by atoms with Crippen LogP contribution in [0.4, 0.5) is 0 Å². The van der Waals surface area contributed by atoms with E-state index < -0.39 is 5.97 Å². The molecule has 0 fully saturated rings. The molecule has 1 amide bonds. The number of carbonyl (C=O) groups is 2. The Morgan fingerprint density at radius 3 is 2.56 bits per heavy atom. The second kappa shape index (κ2) is 8.34. The second-order valence-corrected chi connectivity index (χ2v) is 6.77. The van der Waals surface area contributed by atoms with E-state index >= 15 is 0 Å². The highest BCUT2D eigenvalue weighted by Gasteiger charge is 2.24. The molecule has 3 rings (SSSR count). The molecule has 0 radical (unpaired) electrons. The Hall–Kier alpha value is -2.68. The van der Waals surface area contributed by atoms with Crippen LogP contribution >= 0.6 is 11.5 Å². The molecule has 0 atom stereocenters. The molecule has 1 aromatic carbocycles. The van der Waals surface area contributed by atoms with Gasteiger partial charge in [-0.1, -0.05) is 11.4 Å². The number of aromatic nitrogens is 2. The maximum atomic E-state index is 12.5. The maximum Gasteiger partial charge on any atom is 0.352 e. The van der Waals surface area contributed by atoms with E-state index in [1.165, 1.54) is 0 Å². The number of esters is 1. The Morgan fingerprint density at radius 2 is 1.89 bits per heavy atom. The summed E-state index contributed by atoms with van der Waals surface area (Å²) in [6, 6.07) is 3.83. The fourth-order valence-electron chi connectivity index (χ4n) is 2.98. The summed E-state index contributed by atoms with van der Waals surface area (Å²) in [4.78, 5) is 26.6. The van der Waals surface area contributed by atoms with Crippen LogP contribution in [-0.4, -0.2) is 53.7 Å². The standard InChI is InChI=1S/C18H21N3O5S/c1-4-13-17(27-20-19-13)18(23)26-10-16(22)21-6-5-11-7-14(24-2)15(25-3)8-12(11)9-21/h7-8H,4-6,9-10H2,1-3H3. The third-order valence-electron chi connectivity index (χ3n) is 4.47. The van der Waals surface area contributed by atoms with Crippen molar-refractivity contribution in [2.45, 2.75) is 26.3 Å². The van der Waals surface area contributed by atoms with Gasteiger partial charge in [-0.15, -0.1) is 5.10 Å². The largest absolute Gasteiger partial charge is 0.493 e. The molecule has 2 heterocycles. The molecule has 8 nitrogen and oxygen atoms in total. The Bertz CT molecular complexity index is 852. The average Bonchev–Trinajstić information content (AvgIpc) is 3.19. The van der Waals surface area contributed by atoms with E-state index in [0.717, 1.165) is 22.7 Å². The number of hydrogen-bond donors (Lipinski definition) is 0. The monoisotopic (exact) mass is 391 g/mol. The molecule has 0 bridgehead atoms. The molecule has 9 heteroatoms. The number of fused-ring (bicyclic) bond motifs is 1. The average molecular weight is 391 g/mol. The molecule has 1 aliphatic heterocycles. The van der Waals surface area contributed by atoms with Gasteiger partial charge in [0, 0.05) is 13.1 Å². The lowest BCUT2D eigenvalue weighted by atomic mass is 9.99. The van der Waals surface area contributed by atoms with Crippen molar-refractivity contribution in [1.82, 2.24) is 14.5 Å². The Morgan fingerprint density at radius 1 is 1.19 bits per heavy atom. The normalized spacial score (nSPS) is 13.1. The third-order valence-corrected chi connectivity index (χ3v) is 5.22. The van der Waals surface area contributed by atoms with E-state index in [2.05, 4.69) is 9.59 Å². The van der Waals surface area contributed by atoms with Gasteiger partial charge in [0.1, 0.15) is 0 Å². The highest BCUT2D eigenvalue weighted by atomic mass is 32.1. The van der Waals surface area contributed by atoms with Gasteiger partial charge in [-0.2, -0.15) is 0 Å². The van der Waals surface area contributed by atoms with E-state index in [4.69, 9.17) is 14.2 Å². The van der Waals surface area contributed by atoms with Crippen LogP contribution in [0.3, 0.4) is 0 Å². The second-order valence-electron chi connectivity index (χ2n) is 6.02. The zero-order chi connectivity index (χ0) is 19.4. The Labute approximate surface area is 161 Å². The number of benzene rings is 1. The first-order valence-electron chi connectivity index (χ1n) is 8.57. The SMILES string of the molecule is CCc1nnsc1C(=O)OCC(=O)N1CCc2cc(OC)c(OC)cc2C1. The molecule has 1 aliphatic rings. The van der Waals surface area contributed by atoms with Gasteiger partial charge >= 0.3 is 5.97 Å². The highest BCUT2D eigenvalue weighted by Crippen LogP contribution is 2.33. The zero-order valence-corrected chi connectivity index (χ0v) is 16.3. The summed E-state index contributed by atoms with van der Waals surface area (Å²) in [5, 5.41) is 3.88. The number of nitrogens with zero attached hydrogens (tertiary/aromatic N) is 3. The number of hydrogen-bond acceptors (Lipinski definition) is 8. The van der Waals surface area contributed by atoms with E-state index in [0.29, 0.717) is 48.0 Å². The van der Waals surface area contributed by atoms with E-state index in [9.17, 15) is 9.59 Å². The number of amides is 1. The van der Waals surface area contributed by atoms with Crippen molar-refractivity contribution >= 4 is 23.4 Å². The molecule has 0 N–H and O–H groups in total. The van der Waals surface area contributed by atoms with E-state index in [1.807, 2.05) is 19.1 Å². The minimum absolute atomic E-state index is 0.237. The van der Waals surface area contributed by atoms with Crippen LogP contribution < -0.4 is 9.47 Å². The van der Waals surface area contributed by atoms with Crippen molar-refractivity contribution in [3.63, 3.8) is 0 Å². The van der Waals surface area contributed by atoms with E-state index in [-0.39, 0.29) is 12.5 Å². The lowest BCUT2D eigenvalue weighted by Crippen LogP contribution is -2.38. The molecule has 2 aromatic rings. The van der Waals surface area contributed by atoms with Crippen molar-refractivity contribution < 1.29 is 23.8 Å². The number of rotatable bonds is 6. The fraction of sp³-hybridized carbons (Fsp3) is 0.444. The predicted octanol–water partition coefficient (Wildman–Crippen LogP) is 1.86.